The lowest BCUT2D eigenvalue weighted by atomic mass is 9.90. The van der Waals surface area contributed by atoms with Crippen LogP contribution in [-0.2, 0) is 14.8 Å². The number of unbranched alkanes of at least 4 members (excludes halogenated alkanes) is 1. The van der Waals surface area contributed by atoms with Gasteiger partial charge < -0.3 is 4.74 Å². The van der Waals surface area contributed by atoms with Gasteiger partial charge in [-0.05, 0) is 32.6 Å². The molecule has 1 fully saturated rings. The Bertz CT molecular complexity index is 288. The van der Waals surface area contributed by atoms with E-state index in [2.05, 4.69) is 4.72 Å². The minimum Gasteiger partial charge on any atom is -0.378 e. The highest BCUT2D eigenvalue weighted by Crippen LogP contribution is 2.23. The first-order valence-electron chi connectivity index (χ1n) is 5.75. The quantitative estimate of drug-likeness (QED) is 0.537. The first-order chi connectivity index (χ1) is 7.57. The molecule has 16 heavy (non-hydrogen) atoms. The van der Waals surface area contributed by atoms with E-state index in [1.54, 1.807) is 0 Å². The molecule has 0 atom stereocenters. The van der Waals surface area contributed by atoms with E-state index in [0.29, 0.717) is 18.9 Å². The molecule has 0 aromatic carbocycles. The average Bonchev–Trinajstić information content (AvgIpc) is 2.15. The highest BCUT2D eigenvalue weighted by molar-refractivity contribution is 7.89. The number of hydrogen-bond donors (Lipinski definition) is 1. The number of hydrogen-bond acceptors (Lipinski definition) is 3. The molecule has 0 amide bonds. The van der Waals surface area contributed by atoms with E-state index < -0.39 is 10.0 Å². The van der Waals surface area contributed by atoms with Crippen molar-refractivity contribution in [2.24, 2.45) is 0 Å². The summed E-state index contributed by atoms with van der Waals surface area (Å²) in [5, 5.41) is 0. The fraction of sp³-hybridized carbons (Fsp3) is 1.00. The summed E-state index contributed by atoms with van der Waals surface area (Å²) in [5.41, 5.74) is 0. The number of nitrogens with one attached hydrogen (secondary N) is 1. The van der Waals surface area contributed by atoms with Crippen molar-refractivity contribution < 1.29 is 13.2 Å². The maximum atomic E-state index is 11.6. The van der Waals surface area contributed by atoms with Crippen LogP contribution in [0, 0.1) is 0 Å². The van der Waals surface area contributed by atoms with Crippen molar-refractivity contribution >= 4 is 21.6 Å². The molecule has 1 aliphatic carbocycles. The Labute approximate surface area is 103 Å². The predicted octanol–water partition coefficient (Wildman–Crippen LogP) is 1.49. The molecule has 1 rings (SSSR count). The van der Waals surface area contributed by atoms with E-state index in [-0.39, 0.29) is 17.9 Å². The van der Waals surface area contributed by atoms with Crippen LogP contribution in [0.1, 0.15) is 32.6 Å². The van der Waals surface area contributed by atoms with Crippen molar-refractivity contribution in [2.75, 3.05) is 18.2 Å². The van der Waals surface area contributed by atoms with Crippen LogP contribution >= 0.6 is 11.6 Å². The molecule has 0 unspecified atom stereocenters. The van der Waals surface area contributed by atoms with Crippen molar-refractivity contribution in [3.05, 3.63) is 0 Å². The van der Waals surface area contributed by atoms with E-state index >= 15 is 0 Å². The minimum atomic E-state index is -3.12. The van der Waals surface area contributed by atoms with Gasteiger partial charge >= 0.3 is 0 Å². The third-order valence-electron chi connectivity index (χ3n) is 2.64. The molecule has 1 N–H and O–H groups in total. The third kappa shape index (κ3) is 4.99. The number of halogens is 1. The summed E-state index contributed by atoms with van der Waals surface area (Å²) in [5.74, 6) is 0.695. The van der Waals surface area contributed by atoms with E-state index in [4.69, 9.17) is 16.3 Å². The van der Waals surface area contributed by atoms with Crippen LogP contribution in [0.5, 0.6) is 0 Å². The molecule has 0 saturated heterocycles. The Balaban J connectivity index is 2.17. The summed E-state index contributed by atoms with van der Waals surface area (Å²) in [6.45, 7) is 2.64. The fourth-order valence-electron chi connectivity index (χ4n) is 1.73. The van der Waals surface area contributed by atoms with Gasteiger partial charge in [0.2, 0.25) is 10.0 Å². The average molecular weight is 270 g/mol. The number of alkyl halides is 1. The van der Waals surface area contributed by atoms with Crippen molar-refractivity contribution in [1.29, 1.82) is 0 Å². The van der Waals surface area contributed by atoms with Gasteiger partial charge in [-0.15, -0.1) is 11.6 Å². The van der Waals surface area contributed by atoms with Crippen LogP contribution in [-0.4, -0.2) is 38.8 Å². The molecule has 6 heteroatoms. The van der Waals surface area contributed by atoms with Crippen LogP contribution in [0.25, 0.3) is 0 Å². The SMILES string of the molecule is CCOC1CC(NS(=O)(=O)CCCCCl)C1. The normalized spacial score (nSPS) is 25.4. The Kier molecular flexibility index (Phi) is 6.03. The van der Waals surface area contributed by atoms with Crippen LogP contribution in [0.2, 0.25) is 0 Å². The van der Waals surface area contributed by atoms with E-state index in [9.17, 15) is 8.42 Å². The second-order valence-corrected chi connectivity index (χ2v) is 6.33. The molecular weight excluding hydrogens is 250 g/mol. The molecule has 0 aromatic rings. The monoisotopic (exact) mass is 269 g/mol. The van der Waals surface area contributed by atoms with Gasteiger partial charge in [-0.2, -0.15) is 0 Å². The number of ether oxygens (including phenoxy) is 1. The first-order valence-corrected chi connectivity index (χ1v) is 7.93. The van der Waals surface area contributed by atoms with E-state index in [1.165, 1.54) is 0 Å². The van der Waals surface area contributed by atoms with Crippen molar-refractivity contribution in [1.82, 2.24) is 4.72 Å². The zero-order chi connectivity index (χ0) is 12.0. The van der Waals surface area contributed by atoms with Crippen molar-refractivity contribution in [2.45, 2.75) is 44.8 Å². The van der Waals surface area contributed by atoms with Gasteiger partial charge in [0, 0.05) is 18.5 Å². The molecule has 0 bridgehead atoms. The smallest absolute Gasteiger partial charge is 0.211 e. The summed E-state index contributed by atoms with van der Waals surface area (Å²) in [4.78, 5) is 0. The summed E-state index contributed by atoms with van der Waals surface area (Å²) < 4.78 is 31.2. The Morgan fingerprint density at radius 1 is 1.38 bits per heavy atom. The van der Waals surface area contributed by atoms with Gasteiger partial charge in [-0.3, -0.25) is 0 Å². The summed E-state index contributed by atoms with van der Waals surface area (Å²) in [7, 11) is -3.12. The van der Waals surface area contributed by atoms with Crippen LogP contribution in [0.3, 0.4) is 0 Å². The lowest BCUT2D eigenvalue weighted by molar-refractivity contribution is -0.00475. The largest absolute Gasteiger partial charge is 0.378 e. The van der Waals surface area contributed by atoms with Crippen molar-refractivity contribution in [3.8, 4) is 0 Å². The van der Waals surface area contributed by atoms with Gasteiger partial charge in [0.25, 0.3) is 0 Å². The molecular formula is C10H20ClNO3S. The lowest BCUT2D eigenvalue weighted by Crippen LogP contribution is -2.48. The topological polar surface area (TPSA) is 55.4 Å². The second-order valence-electron chi connectivity index (χ2n) is 4.08. The highest BCUT2D eigenvalue weighted by Gasteiger charge is 2.32. The molecule has 1 aliphatic rings. The molecule has 1 saturated carbocycles. The van der Waals surface area contributed by atoms with E-state index in [0.717, 1.165) is 19.3 Å². The Hall–Kier alpha value is 0.160. The zero-order valence-electron chi connectivity index (χ0n) is 9.62. The summed E-state index contributed by atoms with van der Waals surface area (Å²) in [6.07, 6.45) is 3.20. The maximum Gasteiger partial charge on any atom is 0.211 e. The van der Waals surface area contributed by atoms with Gasteiger partial charge in [0.05, 0.1) is 11.9 Å². The van der Waals surface area contributed by atoms with Gasteiger partial charge in [0.15, 0.2) is 0 Å². The van der Waals surface area contributed by atoms with Crippen LogP contribution in [0.4, 0.5) is 0 Å². The molecule has 0 aliphatic heterocycles. The number of sulfonamides is 1. The summed E-state index contributed by atoms with van der Waals surface area (Å²) >= 11 is 5.50. The Morgan fingerprint density at radius 3 is 2.62 bits per heavy atom. The van der Waals surface area contributed by atoms with Crippen molar-refractivity contribution in [3.63, 3.8) is 0 Å². The van der Waals surface area contributed by atoms with Gasteiger partial charge in [-0.25, -0.2) is 13.1 Å². The third-order valence-corrected chi connectivity index (χ3v) is 4.43. The molecule has 0 spiro atoms. The highest BCUT2D eigenvalue weighted by atomic mass is 35.5. The Morgan fingerprint density at radius 2 is 2.06 bits per heavy atom. The van der Waals surface area contributed by atoms with Crippen LogP contribution < -0.4 is 4.72 Å². The minimum absolute atomic E-state index is 0.0672. The first kappa shape index (κ1) is 14.2. The number of rotatable bonds is 8. The van der Waals surface area contributed by atoms with Gasteiger partial charge in [-0.1, -0.05) is 0 Å². The van der Waals surface area contributed by atoms with Gasteiger partial charge in [0.1, 0.15) is 0 Å². The lowest BCUT2D eigenvalue weighted by Gasteiger charge is -2.35. The molecule has 0 heterocycles. The fourth-order valence-corrected chi connectivity index (χ4v) is 3.32. The molecule has 0 aromatic heterocycles. The zero-order valence-corrected chi connectivity index (χ0v) is 11.2. The van der Waals surface area contributed by atoms with E-state index in [1.807, 2.05) is 6.92 Å². The molecule has 0 radical (unpaired) electrons. The predicted molar refractivity (Wildman–Crippen MR) is 65.3 cm³/mol. The standard InChI is InChI=1S/C10H20ClNO3S/c1-2-15-10-7-9(8-10)12-16(13,14)6-4-3-5-11/h9-10,12H,2-8H2,1H3. The second kappa shape index (κ2) is 6.79. The molecule has 4 nitrogen and oxygen atoms in total. The molecule has 96 valence electrons. The summed E-state index contributed by atoms with van der Waals surface area (Å²) in [6, 6.07) is 0.0672. The van der Waals surface area contributed by atoms with Crippen LogP contribution in [0.15, 0.2) is 0 Å². The maximum absolute atomic E-state index is 11.6.